The first-order valence-corrected chi connectivity index (χ1v) is 6.28. The molecule has 4 heteroatoms. The van der Waals surface area contributed by atoms with E-state index in [0.29, 0.717) is 11.7 Å². The Morgan fingerprint density at radius 2 is 2.07 bits per heavy atom. The van der Waals surface area contributed by atoms with E-state index < -0.39 is 0 Å². The molecule has 0 heterocycles. The minimum Gasteiger partial charge on any atom is -0.355 e. The lowest BCUT2D eigenvalue weighted by Crippen LogP contribution is -2.28. The van der Waals surface area contributed by atoms with Crippen LogP contribution in [-0.4, -0.2) is 30.0 Å². The molecule has 1 unspecified atom stereocenters. The van der Waals surface area contributed by atoms with Gasteiger partial charge < -0.3 is 11.1 Å². The number of rotatable bonds is 7. The monoisotopic (exact) mass is 218 g/mol. The summed E-state index contributed by atoms with van der Waals surface area (Å²) >= 11 is 1.59. The summed E-state index contributed by atoms with van der Waals surface area (Å²) in [4.78, 5) is 11.2. The first kappa shape index (κ1) is 13.8. The molecule has 0 aliphatic rings. The van der Waals surface area contributed by atoms with E-state index in [9.17, 15) is 4.79 Å². The molecule has 0 fully saturated rings. The van der Waals surface area contributed by atoms with Crippen molar-refractivity contribution >= 4 is 17.7 Å². The van der Waals surface area contributed by atoms with Crippen molar-refractivity contribution in [2.45, 2.75) is 33.2 Å². The fourth-order valence-corrected chi connectivity index (χ4v) is 1.67. The summed E-state index contributed by atoms with van der Waals surface area (Å²) in [6.07, 6.45) is 1.05. The highest BCUT2D eigenvalue weighted by atomic mass is 32.2. The second-order valence-electron chi connectivity index (χ2n) is 4.02. The van der Waals surface area contributed by atoms with Gasteiger partial charge in [0, 0.05) is 18.3 Å². The standard InChI is InChI=1S/C10H22N2OS/c1-8(2)4-5-12-10(13)7-14-6-9(3)11/h8-9H,4-7,11H2,1-3H3,(H,12,13). The van der Waals surface area contributed by atoms with Crippen LogP contribution >= 0.6 is 11.8 Å². The second-order valence-corrected chi connectivity index (χ2v) is 5.06. The van der Waals surface area contributed by atoms with Crippen LogP contribution in [0.2, 0.25) is 0 Å². The lowest BCUT2D eigenvalue weighted by atomic mass is 10.1. The van der Waals surface area contributed by atoms with Crippen LogP contribution in [0.1, 0.15) is 27.2 Å². The Labute approximate surface area is 91.2 Å². The summed E-state index contributed by atoms with van der Waals surface area (Å²) in [7, 11) is 0. The molecule has 1 atom stereocenters. The predicted octanol–water partition coefficient (Wildman–Crippen LogP) is 1.23. The Hall–Kier alpha value is -0.220. The molecule has 0 aliphatic carbocycles. The van der Waals surface area contributed by atoms with E-state index in [-0.39, 0.29) is 11.9 Å². The molecule has 1 amide bonds. The van der Waals surface area contributed by atoms with E-state index in [0.717, 1.165) is 18.7 Å². The van der Waals surface area contributed by atoms with E-state index in [2.05, 4.69) is 19.2 Å². The number of hydrogen-bond donors (Lipinski definition) is 2. The molecule has 0 saturated carbocycles. The number of thioether (sulfide) groups is 1. The summed E-state index contributed by atoms with van der Waals surface area (Å²) < 4.78 is 0. The van der Waals surface area contributed by atoms with Crippen molar-refractivity contribution in [2.75, 3.05) is 18.1 Å². The molecule has 0 aromatic heterocycles. The van der Waals surface area contributed by atoms with Crippen LogP contribution in [0.4, 0.5) is 0 Å². The Kier molecular flexibility index (Phi) is 7.99. The molecule has 0 saturated heterocycles. The van der Waals surface area contributed by atoms with Gasteiger partial charge in [-0.1, -0.05) is 13.8 Å². The smallest absolute Gasteiger partial charge is 0.229 e. The Balaban J connectivity index is 3.28. The number of nitrogens with two attached hydrogens (primary N) is 1. The van der Waals surface area contributed by atoms with Crippen LogP contribution in [0.15, 0.2) is 0 Å². The summed E-state index contributed by atoms with van der Waals surface area (Å²) in [6.45, 7) is 7.03. The van der Waals surface area contributed by atoms with Crippen LogP contribution < -0.4 is 11.1 Å². The van der Waals surface area contributed by atoms with Crippen LogP contribution in [0, 0.1) is 5.92 Å². The van der Waals surface area contributed by atoms with Crippen LogP contribution in [0.25, 0.3) is 0 Å². The van der Waals surface area contributed by atoms with Gasteiger partial charge in [0.05, 0.1) is 5.75 Å². The maximum atomic E-state index is 11.2. The highest BCUT2D eigenvalue weighted by Crippen LogP contribution is 2.01. The van der Waals surface area contributed by atoms with Crippen molar-refractivity contribution < 1.29 is 4.79 Å². The van der Waals surface area contributed by atoms with Crippen LogP contribution in [0.3, 0.4) is 0 Å². The zero-order chi connectivity index (χ0) is 11.0. The molecule has 0 aliphatic heterocycles. The number of carbonyl (C=O) groups excluding carboxylic acids is 1. The third-order valence-corrected chi connectivity index (χ3v) is 2.89. The van der Waals surface area contributed by atoms with Crippen molar-refractivity contribution in [2.24, 2.45) is 11.7 Å². The van der Waals surface area contributed by atoms with Gasteiger partial charge in [-0.15, -0.1) is 0 Å². The minimum atomic E-state index is 0.122. The summed E-state index contributed by atoms with van der Waals surface area (Å²) in [5.74, 6) is 2.14. The zero-order valence-corrected chi connectivity index (χ0v) is 10.2. The van der Waals surface area contributed by atoms with Crippen molar-refractivity contribution in [3.8, 4) is 0 Å². The molecule has 84 valence electrons. The normalized spacial score (nSPS) is 12.9. The fourth-order valence-electron chi connectivity index (χ4n) is 0.889. The Morgan fingerprint density at radius 3 is 2.57 bits per heavy atom. The van der Waals surface area contributed by atoms with Gasteiger partial charge >= 0.3 is 0 Å². The second kappa shape index (κ2) is 8.12. The molecule has 0 rings (SSSR count). The number of carbonyl (C=O) groups is 1. The quantitative estimate of drug-likeness (QED) is 0.676. The number of hydrogen-bond acceptors (Lipinski definition) is 3. The number of amides is 1. The van der Waals surface area contributed by atoms with Crippen molar-refractivity contribution in [3.05, 3.63) is 0 Å². The maximum absolute atomic E-state index is 11.2. The lowest BCUT2D eigenvalue weighted by molar-refractivity contribution is -0.118. The molecule has 3 N–H and O–H groups in total. The van der Waals surface area contributed by atoms with Crippen molar-refractivity contribution in [1.82, 2.24) is 5.32 Å². The van der Waals surface area contributed by atoms with Crippen LogP contribution in [0.5, 0.6) is 0 Å². The van der Waals surface area contributed by atoms with Crippen molar-refractivity contribution in [3.63, 3.8) is 0 Å². The summed E-state index contributed by atoms with van der Waals surface area (Å²) in [6, 6.07) is 0.170. The molecular formula is C10H22N2OS. The summed E-state index contributed by atoms with van der Waals surface area (Å²) in [5.41, 5.74) is 5.57. The molecule has 0 radical (unpaired) electrons. The van der Waals surface area contributed by atoms with Gasteiger partial charge in [0.15, 0.2) is 0 Å². The molecule has 0 bridgehead atoms. The first-order valence-electron chi connectivity index (χ1n) is 5.12. The largest absolute Gasteiger partial charge is 0.355 e. The van der Waals surface area contributed by atoms with Gasteiger partial charge in [0.1, 0.15) is 0 Å². The van der Waals surface area contributed by atoms with Gasteiger partial charge in [-0.25, -0.2) is 0 Å². The van der Waals surface area contributed by atoms with Gasteiger partial charge in [0.25, 0.3) is 0 Å². The Bertz CT molecular complexity index is 144. The highest BCUT2D eigenvalue weighted by molar-refractivity contribution is 7.99. The summed E-state index contributed by atoms with van der Waals surface area (Å²) in [5, 5.41) is 2.89. The van der Waals surface area contributed by atoms with E-state index in [1.165, 1.54) is 0 Å². The molecule has 0 aromatic rings. The van der Waals surface area contributed by atoms with E-state index in [1.807, 2.05) is 6.92 Å². The highest BCUT2D eigenvalue weighted by Gasteiger charge is 2.02. The molecule has 3 nitrogen and oxygen atoms in total. The van der Waals surface area contributed by atoms with Gasteiger partial charge in [0.2, 0.25) is 5.91 Å². The van der Waals surface area contributed by atoms with E-state index in [4.69, 9.17) is 5.73 Å². The third kappa shape index (κ3) is 9.86. The molecular weight excluding hydrogens is 196 g/mol. The fraction of sp³-hybridized carbons (Fsp3) is 0.900. The van der Waals surface area contributed by atoms with Crippen molar-refractivity contribution in [1.29, 1.82) is 0 Å². The topological polar surface area (TPSA) is 55.1 Å². The van der Waals surface area contributed by atoms with Crippen LogP contribution in [-0.2, 0) is 4.79 Å². The predicted molar refractivity (Wildman–Crippen MR) is 63.4 cm³/mol. The minimum absolute atomic E-state index is 0.122. The molecule has 14 heavy (non-hydrogen) atoms. The zero-order valence-electron chi connectivity index (χ0n) is 9.38. The SMILES string of the molecule is CC(C)CCNC(=O)CSCC(C)N. The average molecular weight is 218 g/mol. The van der Waals surface area contributed by atoms with Gasteiger partial charge in [-0.3, -0.25) is 4.79 Å². The maximum Gasteiger partial charge on any atom is 0.229 e. The first-order chi connectivity index (χ1) is 6.52. The molecule has 0 aromatic carbocycles. The Morgan fingerprint density at radius 1 is 1.43 bits per heavy atom. The van der Waals surface area contributed by atoms with E-state index in [1.54, 1.807) is 11.8 Å². The van der Waals surface area contributed by atoms with Gasteiger partial charge in [-0.05, 0) is 19.3 Å². The lowest BCUT2D eigenvalue weighted by Gasteiger charge is -2.07. The number of nitrogens with one attached hydrogen (secondary N) is 1. The molecule has 0 spiro atoms. The van der Waals surface area contributed by atoms with Gasteiger partial charge in [-0.2, -0.15) is 11.8 Å². The van der Waals surface area contributed by atoms with E-state index >= 15 is 0 Å². The third-order valence-electron chi connectivity index (χ3n) is 1.66. The average Bonchev–Trinajstić information content (AvgIpc) is 2.02.